The third kappa shape index (κ3) is 4.66. The average Bonchev–Trinajstić information content (AvgIpc) is 2.66. The van der Waals surface area contributed by atoms with Crippen molar-refractivity contribution in [1.82, 2.24) is 0 Å². The molecule has 7 heteroatoms. The number of halogens is 1. The van der Waals surface area contributed by atoms with Crippen molar-refractivity contribution in [3.8, 4) is 0 Å². The predicted octanol–water partition coefficient (Wildman–Crippen LogP) is 5.34. The monoisotopic (exact) mass is 442 g/mol. The van der Waals surface area contributed by atoms with Gasteiger partial charge in [-0.05, 0) is 74.4 Å². The molecule has 0 heterocycles. The maximum atomic E-state index is 12.9. The highest BCUT2D eigenvalue weighted by Gasteiger charge is 2.22. The van der Waals surface area contributed by atoms with Gasteiger partial charge in [0.05, 0.1) is 21.2 Å². The van der Waals surface area contributed by atoms with E-state index in [1.54, 1.807) is 30.3 Å². The second kappa shape index (κ2) is 8.50. The largest absolute Gasteiger partial charge is 0.322 e. The highest BCUT2D eigenvalue weighted by atomic mass is 35.5. The summed E-state index contributed by atoms with van der Waals surface area (Å²) in [6.45, 7) is 5.80. The molecular formula is C23H23ClN2O3S. The number of carbonyl (C=O) groups is 1. The van der Waals surface area contributed by atoms with Crippen LogP contribution in [0.1, 0.15) is 27.0 Å². The van der Waals surface area contributed by atoms with Crippen LogP contribution in [0, 0.1) is 20.8 Å². The van der Waals surface area contributed by atoms with E-state index in [4.69, 9.17) is 11.6 Å². The lowest BCUT2D eigenvalue weighted by Gasteiger charge is -2.20. The van der Waals surface area contributed by atoms with Crippen LogP contribution in [0.2, 0.25) is 5.02 Å². The van der Waals surface area contributed by atoms with Gasteiger partial charge in [-0.1, -0.05) is 35.4 Å². The summed E-state index contributed by atoms with van der Waals surface area (Å²) in [4.78, 5) is 12.8. The minimum atomic E-state index is -3.74. The molecule has 0 aromatic heterocycles. The van der Waals surface area contributed by atoms with E-state index >= 15 is 0 Å². The number of nitrogens with zero attached hydrogens (tertiary/aromatic N) is 1. The Bertz CT molecular complexity index is 1190. The van der Waals surface area contributed by atoms with E-state index in [9.17, 15) is 13.2 Å². The molecule has 0 aliphatic carbocycles. The Kier molecular flexibility index (Phi) is 6.19. The second-order valence-corrected chi connectivity index (χ2v) is 9.66. The Hall–Kier alpha value is -2.83. The van der Waals surface area contributed by atoms with Gasteiger partial charge in [-0.2, -0.15) is 0 Å². The van der Waals surface area contributed by atoms with Gasteiger partial charge in [-0.25, -0.2) is 8.42 Å². The zero-order valence-electron chi connectivity index (χ0n) is 17.2. The van der Waals surface area contributed by atoms with Crippen molar-refractivity contribution in [1.29, 1.82) is 0 Å². The SMILES string of the molecule is Cc1ccc(S(=O)(=O)N(C)c2ccc(C(=O)Nc3cc(C)cc(C)c3)c(Cl)c2)cc1. The number of rotatable bonds is 5. The molecule has 156 valence electrons. The number of anilines is 2. The standard InChI is InChI=1S/C23H23ClN2O3S/c1-15-5-8-20(9-6-15)30(28,29)26(4)19-7-10-21(22(24)14-19)23(27)25-18-12-16(2)11-17(3)13-18/h5-14H,1-4H3,(H,25,27). The Morgan fingerprint density at radius 1 is 0.867 bits per heavy atom. The first-order valence-electron chi connectivity index (χ1n) is 9.33. The molecule has 3 aromatic carbocycles. The summed E-state index contributed by atoms with van der Waals surface area (Å²) in [5.41, 5.74) is 4.35. The van der Waals surface area contributed by atoms with Gasteiger partial charge in [0.2, 0.25) is 0 Å². The minimum Gasteiger partial charge on any atom is -0.322 e. The van der Waals surface area contributed by atoms with Crippen LogP contribution in [0.3, 0.4) is 0 Å². The maximum Gasteiger partial charge on any atom is 0.264 e. The normalized spacial score (nSPS) is 11.2. The molecule has 0 saturated heterocycles. The molecule has 3 aromatic rings. The van der Waals surface area contributed by atoms with Gasteiger partial charge >= 0.3 is 0 Å². The van der Waals surface area contributed by atoms with Gasteiger partial charge in [0.1, 0.15) is 0 Å². The van der Waals surface area contributed by atoms with Crippen LogP contribution in [0.4, 0.5) is 11.4 Å². The molecule has 3 rings (SSSR count). The number of hydrogen-bond acceptors (Lipinski definition) is 3. The van der Waals surface area contributed by atoms with Crippen LogP contribution in [0.15, 0.2) is 65.6 Å². The molecule has 0 aliphatic heterocycles. The van der Waals surface area contributed by atoms with Gasteiger partial charge in [-0.15, -0.1) is 0 Å². The van der Waals surface area contributed by atoms with Crippen LogP contribution in [0.25, 0.3) is 0 Å². The predicted molar refractivity (Wildman–Crippen MR) is 122 cm³/mol. The van der Waals surface area contributed by atoms with Crippen LogP contribution >= 0.6 is 11.6 Å². The quantitative estimate of drug-likeness (QED) is 0.579. The molecule has 0 spiro atoms. The molecule has 30 heavy (non-hydrogen) atoms. The van der Waals surface area contributed by atoms with Crippen molar-refractivity contribution in [3.05, 3.63) is 87.9 Å². The molecular weight excluding hydrogens is 420 g/mol. The summed E-state index contributed by atoms with van der Waals surface area (Å²) in [7, 11) is -2.29. The van der Waals surface area contributed by atoms with Crippen molar-refractivity contribution >= 4 is 38.9 Å². The summed E-state index contributed by atoms with van der Waals surface area (Å²) in [6.07, 6.45) is 0. The topological polar surface area (TPSA) is 66.5 Å². The summed E-state index contributed by atoms with van der Waals surface area (Å²) >= 11 is 6.33. The van der Waals surface area contributed by atoms with E-state index in [-0.39, 0.29) is 21.4 Å². The third-order valence-electron chi connectivity index (χ3n) is 4.72. The Labute approximate surface area is 182 Å². The van der Waals surface area contributed by atoms with Crippen molar-refractivity contribution < 1.29 is 13.2 Å². The summed E-state index contributed by atoms with van der Waals surface area (Å²) in [6, 6.07) is 16.9. The van der Waals surface area contributed by atoms with Crippen LogP contribution in [0.5, 0.6) is 0 Å². The van der Waals surface area contributed by atoms with Crippen LogP contribution < -0.4 is 9.62 Å². The van der Waals surface area contributed by atoms with Gasteiger partial charge in [0.25, 0.3) is 15.9 Å². The summed E-state index contributed by atoms with van der Waals surface area (Å²) in [5, 5.41) is 3.00. The van der Waals surface area contributed by atoms with Crippen molar-refractivity contribution in [3.63, 3.8) is 0 Å². The first-order valence-corrected chi connectivity index (χ1v) is 11.1. The zero-order chi connectivity index (χ0) is 22.1. The number of amides is 1. The van der Waals surface area contributed by atoms with Crippen LogP contribution in [-0.2, 0) is 10.0 Å². The van der Waals surface area contributed by atoms with Crippen molar-refractivity contribution in [2.24, 2.45) is 0 Å². The van der Waals surface area contributed by atoms with E-state index in [0.717, 1.165) is 21.0 Å². The number of nitrogens with one attached hydrogen (secondary N) is 1. The lowest BCUT2D eigenvalue weighted by molar-refractivity contribution is 0.102. The number of sulfonamides is 1. The number of benzene rings is 3. The molecule has 0 saturated carbocycles. The zero-order valence-corrected chi connectivity index (χ0v) is 18.8. The van der Waals surface area contributed by atoms with Gasteiger partial charge < -0.3 is 5.32 Å². The number of carbonyl (C=O) groups excluding carboxylic acids is 1. The van der Waals surface area contributed by atoms with Gasteiger partial charge in [0, 0.05) is 12.7 Å². The highest BCUT2D eigenvalue weighted by Crippen LogP contribution is 2.28. The molecule has 0 radical (unpaired) electrons. The van der Waals surface area contributed by atoms with Crippen LogP contribution in [-0.4, -0.2) is 21.4 Å². The highest BCUT2D eigenvalue weighted by molar-refractivity contribution is 7.92. The molecule has 1 N–H and O–H groups in total. The van der Waals surface area contributed by atoms with Crippen molar-refractivity contribution in [2.75, 3.05) is 16.7 Å². The third-order valence-corrected chi connectivity index (χ3v) is 6.83. The van der Waals surface area contributed by atoms with E-state index in [2.05, 4.69) is 5.32 Å². The van der Waals surface area contributed by atoms with E-state index in [1.807, 2.05) is 39.0 Å². The minimum absolute atomic E-state index is 0.167. The Morgan fingerprint density at radius 2 is 1.47 bits per heavy atom. The van der Waals surface area contributed by atoms with Gasteiger partial charge in [-0.3, -0.25) is 9.10 Å². The first kappa shape index (κ1) is 21.9. The summed E-state index contributed by atoms with van der Waals surface area (Å²) < 4.78 is 26.9. The maximum absolute atomic E-state index is 12.9. The molecule has 5 nitrogen and oxygen atoms in total. The van der Waals surface area contributed by atoms with Gasteiger partial charge in [0.15, 0.2) is 0 Å². The van der Waals surface area contributed by atoms with E-state index < -0.39 is 10.0 Å². The molecule has 0 bridgehead atoms. The molecule has 0 fully saturated rings. The van der Waals surface area contributed by atoms with E-state index in [0.29, 0.717) is 11.4 Å². The lowest BCUT2D eigenvalue weighted by Crippen LogP contribution is -2.26. The average molecular weight is 443 g/mol. The first-order chi connectivity index (χ1) is 14.1. The Morgan fingerprint density at radius 3 is 2.03 bits per heavy atom. The molecule has 0 aliphatic rings. The van der Waals surface area contributed by atoms with Crippen molar-refractivity contribution in [2.45, 2.75) is 25.7 Å². The fourth-order valence-electron chi connectivity index (χ4n) is 3.14. The fraction of sp³-hybridized carbons (Fsp3) is 0.174. The Balaban J connectivity index is 1.85. The smallest absolute Gasteiger partial charge is 0.264 e. The molecule has 0 atom stereocenters. The fourth-order valence-corrected chi connectivity index (χ4v) is 4.58. The summed E-state index contributed by atoms with van der Waals surface area (Å²) in [5.74, 6) is -0.361. The number of hydrogen-bond donors (Lipinski definition) is 1. The molecule has 1 amide bonds. The lowest BCUT2D eigenvalue weighted by atomic mass is 10.1. The second-order valence-electron chi connectivity index (χ2n) is 7.28. The molecule has 0 unspecified atom stereocenters. The number of aryl methyl sites for hydroxylation is 3. The van der Waals surface area contributed by atoms with E-state index in [1.165, 1.54) is 19.2 Å².